The van der Waals surface area contributed by atoms with Gasteiger partial charge in [-0.05, 0) is 24.6 Å². The summed E-state index contributed by atoms with van der Waals surface area (Å²) in [6.07, 6.45) is 1.73. The second kappa shape index (κ2) is 2.44. The number of fused-ring (bicyclic) bond motifs is 1. The molecule has 0 atom stereocenters. The first-order valence-corrected chi connectivity index (χ1v) is 3.74. The van der Waals surface area contributed by atoms with Crippen LogP contribution in [0.4, 0.5) is 0 Å². The minimum atomic E-state index is 0.746. The van der Waals surface area contributed by atoms with E-state index in [4.69, 9.17) is 0 Å². The third kappa shape index (κ3) is 0.993. The number of pyridine rings is 1. The number of nitrogens with one attached hydrogen (secondary N) is 1. The van der Waals surface area contributed by atoms with E-state index in [2.05, 4.69) is 21.5 Å². The van der Waals surface area contributed by atoms with Crippen LogP contribution in [-0.2, 0) is 0 Å². The number of allylic oxidation sites excluding steroid dienone is 1. The fourth-order valence-corrected chi connectivity index (χ4v) is 1.05. The molecule has 0 fully saturated rings. The van der Waals surface area contributed by atoms with Gasteiger partial charge in [-0.25, -0.2) is 9.97 Å². The Kier molecular flexibility index (Phi) is 1.43. The first-order chi connectivity index (χ1) is 5.77. The Morgan fingerprint density at radius 3 is 3.08 bits per heavy atom. The van der Waals surface area contributed by atoms with Gasteiger partial charge in [0.25, 0.3) is 0 Å². The molecule has 3 nitrogen and oxygen atoms in total. The molecule has 0 radical (unpaired) electrons. The van der Waals surface area contributed by atoms with Crippen LogP contribution in [0.2, 0.25) is 0 Å². The van der Waals surface area contributed by atoms with E-state index < -0.39 is 0 Å². The predicted octanol–water partition coefficient (Wildman–Crippen LogP) is 1.99. The number of nitrogens with zero attached hydrogens (tertiary/aromatic N) is 2. The molecule has 0 saturated heterocycles. The zero-order valence-corrected chi connectivity index (χ0v) is 6.83. The summed E-state index contributed by atoms with van der Waals surface area (Å²) in [4.78, 5) is 11.5. The summed E-state index contributed by atoms with van der Waals surface area (Å²) in [5, 5.41) is 0. The Balaban J connectivity index is 2.70. The Morgan fingerprint density at radius 2 is 2.42 bits per heavy atom. The Bertz CT molecular complexity index is 395. The molecule has 0 saturated carbocycles. The van der Waals surface area contributed by atoms with E-state index in [1.165, 1.54) is 0 Å². The summed E-state index contributed by atoms with van der Waals surface area (Å²) >= 11 is 0. The van der Waals surface area contributed by atoms with Gasteiger partial charge in [0.1, 0.15) is 5.82 Å². The summed E-state index contributed by atoms with van der Waals surface area (Å²) < 4.78 is 0. The molecule has 0 unspecified atom stereocenters. The molecule has 0 aromatic carbocycles. The number of aromatic amines is 1. The minimum absolute atomic E-state index is 0.746. The second-order valence-corrected chi connectivity index (χ2v) is 2.74. The maximum atomic E-state index is 4.25. The summed E-state index contributed by atoms with van der Waals surface area (Å²) in [6.45, 7) is 5.71. The number of hydrogen-bond acceptors (Lipinski definition) is 2. The van der Waals surface area contributed by atoms with Crippen LogP contribution in [0.5, 0.6) is 0 Å². The van der Waals surface area contributed by atoms with Crippen molar-refractivity contribution in [3.63, 3.8) is 0 Å². The Hall–Kier alpha value is -1.64. The van der Waals surface area contributed by atoms with Gasteiger partial charge in [-0.2, -0.15) is 0 Å². The van der Waals surface area contributed by atoms with Crippen LogP contribution in [0.15, 0.2) is 24.9 Å². The number of imidazole rings is 1. The summed E-state index contributed by atoms with van der Waals surface area (Å²) in [7, 11) is 0. The monoisotopic (exact) mass is 159 g/mol. The molecule has 12 heavy (non-hydrogen) atoms. The molecule has 0 bridgehead atoms. The molecule has 2 rings (SSSR count). The molecular weight excluding hydrogens is 150 g/mol. The van der Waals surface area contributed by atoms with E-state index in [9.17, 15) is 0 Å². The van der Waals surface area contributed by atoms with Crippen molar-refractivity contribution in [3.8, 4) is 0 Å². The normalized spacial score (nSPS) is 10.4. The number of H-pyrrole nitrogens is 1. The van der Waals surface area contributed by atoms with Crippen molar-refractivity contribution in [2.24, 2.45) is 0 Å². The van der Waals surface area contributed by atoms with Crippen LogP contribution in [0.1, 0.15) is 12.7 Å². The second-order valence-electron chi connectivity index (χ2n) is 2.74. The lowest BCUT2D eigenvalue weighted by Crippen LogP contribution is -1.78. The predicted molar refractivity (Wildman–Crippen MR) is 48.6 cm³/mol. The summed E-state index contributed by atoms with van der Waals surface area (Å²) in [6, 6.07) is 3.82. The summed E-state index contributed by atoms with van der Waals surface area (Å²) in [5.41, 5.74) is 2.62. The van der Waals surface area contributed by atoms with Gasteiger partial charge in [-0.1, -0.05) is 6.58 Å². The number of aromatic nitrogens is 3. The van der Waals surface area contributed by atoms with E-state index in [0.717, 1.165) is 22.6 Å². The van der Waals surface area contributed by atoms with Gasteiger partial charge in [-0.3, -0.25) is 0 Å². The molecule has 0 spiro atoms. The molecule has 0 aliphatic heterocycles. The van der Waals surface area contributed by atoms with Crippen LogP contribution >= 0.6 is 0 Å². The van der Waals surface area contributed by atoms with Gasteiger partial charge in [0.2, 0.25) is 0 Å². The van der Waals surface area contributed by atoms with Crippen LogP contribution in [0.25, 0.3) is 16.7 Å². The smallest absolute Gasteiger partial charge is 0.178 e. The van der Waals surface area contributed by atoms with E-state index in [0.29, 0.717) is 0 Å². The maximum Gasteiger partial charge on any atom is 0.178 e. The molecule has 0 aliphatic carbocycles. The largest absolute Gasteiger partial charge is 0.337 e. The summed E-state index contributed by atoms with van der Waals surface area (Å²) in [5.74, 6) is 0.809. The zero-order chi connectivity index (χ0) is 8.55. The van der Waals surface area contributed by atoms with Gasteiger partial charge in [0.05, 0.1) is 5.52 Å². The highest BCUT2D eigenvalue weighted by Crippen LogP contribution is 2.12. The van der Waals surface area contributed by atoms with Crippen LogP contribution in [0.3, 0.4) is 0 Å². The molecule has 2 aromatic heterocycles. The topological polar surface area (TPSA) is 41.6 Å². The minimum Gasteiger partial charge on any atom is -0.337 e. The first kappa shape index (κ1) is 7.03. The third-order valence-corrected chi connectivity index (χ3v) is 1.66. The average Bonchev–Trinajstić information content (AvgIpc) is 2.46. The average molecular weight is 159 g/mol. The van der Waals surface area contributed by atoms with E-state index >= 15 is 0 Å². The van der Waals surface area contributed by atoms with Gasteiger partial charge in [0, 0.05) is 6.20 Å². The fraction of sp³-hybridized carbons (Fsp3) is 0.111. The first-order valence-electron chi connectivity index (χ1n) is 3.74. The van der Waals surface area contributed by atoms with Crippen molar-refractivity contribution in [1.82, 2.24) is 15.0 Å². The van der Waals surface area contributed by atoms with Gasteiger partial charge in [0.15, 0.2) is 5.65 Å². The number of rotatable bonds is 1. The quantitative estimate of drug-likeness (QED) is 0.691. The standard InChI is InChI=1S/C9H9N3/c1-6(2)8-11-7-4-3-5-10-9(7)12-8/h3-5H,1H2,2H3,(H,10,11,12). The maximum absolute atomic E-state index is 4.25. The zero-order valence-electron chi connectivity index (χ0n) is 6.83. The Morgan fingerprint density at radius 1 is 1.58 bits per heavy atom. The van der Waals surface area contributed by atoms with Gasteiger partial charge in [-0.15, -0.1) is 0 Å². The molecule has 0 aliphatic rings. The highest BCUT2D eigenvalue weighted by molar-refractivity contribution is 5.74. The van der Waals surface area contributed by atoms with E-state index in [-0.39, 0.29) is 0 Å². The Labute approximate surface area is 70.2 Å². The highest BCUT2D eigenvalue weighted by Gasteiger charge is 2.01. The van der Waals surface area contributed by atoms with Crippen molar-refractivity contribution in [3.05, 3.63) is 30.7 Å². The van der Waals surface area contributed by atoms with Crippen molar-refractivity contribution in [2.45, 2.75) is 6.92 Å². The van der Waals surface area contributed by atoms with Crippen LogP contribution < -0.4 is 0 Å². The van der Waals surface area contributed by atoms with Gasteiger partial charge >= 0.3 is 0 Å². The van der Waals surface area contributed by atoms with Crippen molar-refractivity contribution >= 4 is 16.7 Å². The molecule has 60 valence electrons. The fourth-order valence-electron chi connectivity index (χ4n) is 1.05. The molecule has 2 aromatic rings. The van der Waals surface area contributed by atoms with Crippen LogP contribution in [-0.4, -0.2) is 15.0 Å². The van der Waals surface area contributed by atoms with Crippen molar-refractivity contribution in [1.29, 1.82) is 0 Å². The molecule has 2 heterocycles. The molecule has 0 amide bonds. The van der Waals surface area contributed by atoms with Crippen molar-refractivity contribution < 1.29 is 0 Å². The molecule has 1 N–H and O–H groups in total. The number of hydrogen-bond donors (Lipinski definition) is 1. The highest BCUT2D eigenvalue weighted by atomic mass is 15.0. The lowest BCUT2D eigenvalue weighted by molar-refractivity contribution is 1.24. The van der Waals surface area contributed by atoms with Crippen LogP contribution in [0, 0.1) is 0 Å². The van der Waals surface area contributed by atoms with E-state index in [1.807, 2.05) is 19.1 Å². The SMILES string of the molecule is C=C(C)c1nc2ncccc2[nH]1. The third-order valence-electron chi connectivity index (χ3n) is 1.66. The van der Waals surface area contributed by atoms with Crippen molar-refractivity contribution in [2.75, 3.05) is 0 Å². The molecular formula is C9H9N3. The van der Waals surface area contributed by atoms with Gasteiger partial charge < -0.3 is 4.98 Å². The lowest BCUT2D eigenvalue weighted by atomic mass is 10.3. The lowest BCUT2D eigenvalue weighted by Gasteiger charge is -1.87. The molecule has 3 heteroatoms. The van der Waals surface area contributed by atoms with E-state index in [1.54, 1.807) is 6.20 Å².